The lowest BCUT2D eigenvalue weighted by atomic mass is 9.97. The van der Waals surface area contributed by atoms with E-state index in [1.54, 1.807) is 25.5 Å². The summed E-state index contributed by atoms with van der Waals surface area (Å²) in [6.45, 7) is 3.71. The third-order valence-corrected chi connectivity index (χ3v) is 6.09. The summed E-state index contributed by atoms with van der Waals surface area (Å²) in [4.78, 5) is 25.1. The maximum Gasteiger partial charge on any atom is 0.226 e. The van der Waals surface area contributed by atoms with Crippen LogP contribution < -0.4 is 16.4 Å². The van der Waals surface area contributed by atoms with Gasteiger partial charge in [0, 0.05) is 42.7 Å². The number of alkyl halides is 1. The Morgan fingerprint density at radius 3 is 2.67 bits per heavy atom. The molecule has 0 unspecified atom stereocenters. The van der Waals surface area contributed by atoms with Crippen molar-refractivity contribution in [1.29, 1.82) is 0 Å². The average Bonchev–Trinajstić information content (AvgIpc) is 3.15. The molecule has 0 aliphatic carbocycles. The van der Waals surface area contributed by atoms with Crippen LogP contribution in [0.5, 0.6) is 0 Å². The van der Waals surface area contributed by atoms with E-state index in [0.29, 0.717) is 52.0 Å². The topological polar surface area (TPSA) is 111 Å². The van der Waals surface area contributed by atoms with Crippen molar-refractivity contribution >= 4 is 52.0 Å². The molecule has 0 aliphatic heterocycles. The van der Waals surface area contributed by atoms with Gasteiger partial charge in [-0.25, -0.2) is 9.37 Å². The van der Waals surface area contributed by atoms with Crippen molar-refractivity contribution in [3.05, 3.63) is 39.6 Å². The molecule has 0 radical (unpaired) electrons. The molecule has 2 aromatic heterocycles. The zero-order valence-electron chi connectivity index (χ0n) is 18.9. The molecule has 2 heterocycles. The molecule has 4 N–H and O–H groups in total. The molecule has 0 atom stereocenters. The zero-order chi connectivity index (χ0) is 24.2. The summed E-state index contributed by atoms with van der Waals surface area (Å²) in [7, 11) is 1.73. The number of unbranched alkanes of at least 4 members (excludes halogenated alkanes) is 2. The van der Waals surface area contributed by atoms with Gasteiger partial charge in [0.1, 0.15) is 11.2 Å². The zero-order valence-corrected chi connectivity index (χ0v) is 20.4. The molecule has 11 heteroatoms. The predicted molar refractivity (Wildman–Crippen MR) is 130 cm³/mol. The molecular weight excluding hydrogens is 468 g/mol. The molecule has 0 bridgehead atoms. The van der Waals surface area contributed by atoms with Crippen molar-refractivity contribution < 1.29 is 9.18 Å². The molecule has 0 aliphatic rings. The maximum atomic E-state index is 14.3. The SMILES string of the molecule is CNc1nc(N)c2ncn(CCCCCC(=O)NCc3c(Cl)ccc(C(C)(C)F)c3Cl)c2n1. The lowest BCUT2D eigenvalue weighted by molar-refractivity contribution is -0.121. The number of benzene rings is 1. The Kier molecular flexibility index (Phi) is 7.97. The van der Waals surface area contributed by atoms with Gasteiger partial charge in [0.2, 0.25) is 11.9 Å². The highest BCUT2D eigenvalue weighted by Crippen LogP contribution is 2.36. The summed E-state index contributed by atoms with van der Waals surface area (Å²) >= 11 is 12.6. The number of nitrogens with zero attached hydrogens (tertiary/aromatic N) is 4. The molecule has 0 saturated carbocycles. The predicted octanol–water partition coefficient (Wildman–Crippen LogP) is 4.84. The number of carbonyl (C=O) groups excluding carboxylic acids is 1. The quantitative estimate of drug-likeness (QED) is 0.347. The Morgan fingerprint density at radius 2 is 1.97 bits per heavy atom. The van der Waals surface area contributed by atoms with Crippen LogP contribution in [0.25, 0.3) is 11.2 Å². The van der Waals surface area contributed by atoms with Gasteiger partial charge in [0.25, 0.3) is 0 Å². The number of amides is 1. The van der Waals surface area contributed by atoms with Crippen LogP contribution in [0.3, 0.4) is 0 Å². The van der Waals surface area contributed by atoms with Gasteiger partial charge in [0.15, 0.2) is 11.5 Å². The highest BCUT2D eigenvalue weighted by molar-refractivity contribution is 6.36. The standard InChI is InChI=1S/C22H28Cl2FN7O/c1-22(2,25)14-8-9-15(23)13(17(14)24)11-28-16(33)7-5-4-6-10-32-12-29-18-19(26)30-21(27-3)31-20(18)32/h8-9,12H,4-7,10-11H2,1-3H3,(H,28,33)(H3,26,27,30,31). The number of nitrogens with one attached hydrogen (secondary N) is 2. The first-order valence-electron chi connectivity index (χ1n) is 10.7. The molecular formula is C22H28Cl2FN7O. The Bertz CT molecular complexity index is 1140. The first-order valence-corrected chi connectivity index (χ1v) is 11.5. The van der Waals surface area contributed by atoms with Gasteiger partial charge in [-0.05, 0) is 32.8 Å². The first-order chi connectivity index (χ1) is 15.6. The molecule has 178 valence electrons. The Labute approximate surface area is 202 Å². The fourth-order valence-electron chi connectivity index (χ4n) is 3.48. The molecule has 1 amide bonds. The number of carbonyl (C=O) groups is 1. The van der Waals surface area contributed by atoms with Gasteiger partial charge in [0.05, 0.1) is 11.3 Å². The smallest absolute Gasteiger partial charge is 0.226 e. The third-order valence-electron chi connectivity index (χ3n) is 5.31. The number of nitrogens with two attached hydrogens (primary N) is 1. The van der Waals surface area contributed by atoms with Gasteiger partial charge in [-0.1, -0.05) is 35.7 Å². The molecule has 0 spiro atoms. The fourth-order valence-corrected chi connectivity index (χ4v) is 4.21. The van der Waals surface area contributed by atoms with Crippen molar-refractivity contribution in [2.45, 2.75) is 58.3 Å². The number of rotatable bonds is 10. The summed E-state index contributed by atoms with van der Waals surface area (Å²) in [5.74, 6) is 0.666. The van der Waals surface area contributed by atoms with Crippen LogP contribution >= 0.6 is 23.2 Å². The van der Waals surface area contributed by atoms with Crippen molar-refractivity contribution in [2.24, 2.45) is 0 Å². The number of hydrogen-bond acceptors (Lipinski definition) is 6. The summed E-state index contributed by atoms with van der Waals surface area (Å²) in [5.41, 5.74) is 6.44. The Balaban J connectivity index is 1.47. The van der Waals surface area contributed by atoms with Gasteiger partial charge in [-0.15, -0.1) is 0 Å². The number of halogens is 3. The lowest BCUT2D eigenvalue weighted by Gasteiger charge is -2.19. The van der Waals surface area contributed by atoms with Crippen molar-refractivity contribution in [3.8, 4) is 0 Å². The van der Waals surface area contributed by atoms with Crippen molar-refractivity contribution in [2.75, 3.05) is 18.1 Å². The Morgan fingerprint density at radius 1 is 1.21 bits per heavy atom. The number of hydrogen-bond donors (Lipinski definition) is 3. The molecule has 8 nitrogen and oxygen atoms in total. The fraction of sp³-hybridized carbons (Fsp3) is 0.455. The minimum atomic E-state index is -1.60. The van der Waals surface area contributed by atoms with Crippen LogP contribution in [-0.4, -0.2) is 32.5 Å². The van der Waals surface area contributed by atoms with E-state index in [2.05, 4.69) is 25.6 Å². The molecule has 3 aromatic rings. The molecule has 3 rings (SSSR count). The number of anilines is 2. The second kappa shape index (κ2) is 10.5. The van der Waals surface area contributed by atoms with E-state index in [-0.39, 0.29) is 17.5 Å². The second-order valence-electron chi connectivity index (χ2n) is 8.24. The van der Waals surface area contributed by atoms with Gasteiger partial charge >= 0.3 is 0 Å². The van der Waals surface area contributed by atoms with Crippen LogP contribution in [0.15, 0.2) is 18.5 Å². The average molecular weight is 496 g/mol. The molecule has 0 fully saturated rings. The highest BCUT2D eigenvalue weighted by atomic mass is 35.5. The van der Waals surface area contributed by atoms with E-state index in [1.165, 1.54) is 13.8 Å². The molecule has 0 saturated heterocycles. The Hall–Kier alpha value is -2.65. The monoisotopic (exact) mass is 495 g/mol. The van der Waals surface area contributed by atoms with Gasteiger partial charge in [-0.3, -0.25) is 4.79 Å². The van der Waals surface area contributed by atoms with E-state index in [1.807, 2.05) is 4.57 Å². The van der Waals surface area contributed by atoms with E-state index in [4.69, 9.17) is 28.9 Å². The number of aromatic nitrogens is 4. The normalized spacial score (nSPS) is 11.7. The van der Waals surface area contributed by atoms with Gasteiger partial charge in [-0.2, -0.15) is 9.97 Å². The second-order valence-corrected chi connectivity index (χ2v) is 9.03. The summed E-state index contributed by atoms with van der Waals surface area (Å²) < 4.78 is 16.3. The third kappa shape index (κ3) is 6.03. The number of nitrogen functional groups attached to an aromatic ring is 1. The number of fused-ring (bicyclic) bond motifs is 1. The van der Waals surface area contributed by atoms with E-state index in [0.717, 1.165) is 19.3 Å². The minimum Gasteiger partial charge on any atom is -0.382 e. The van der Waals surface area contributed by atoms with Crippen LogP contribution in [0.1, 0.15) is 50.7 Å². The van der Waals surface area contributed by atoms with Gasteiger partial charge < -0.3 is 20.9 Å². The largest absolute Gasteiger partial charge is 0.382 e. The van der Waals surface area contributed by atoms with Crippen LogP contribution in [-0.2, 0) is 23.6 Å². The summed E-state index contributed by atoms with van der Waals surface area (Å²) in [6, 6.07) is 3.17. The first kappa shape index (κ1) is 25.0. The minimum absolute atomic E-state index is 0.112. The van der Waals surface area contributed by atoms with Crippen LogP contribution in [0.4, 0.5) is 16.2 Å². The number of aryl methyl sites for hydroxylation is 1. The lowest BCUT2D eigenvalue weighted by Crippen LogP contribution is -2.23. The van der Waals surface area contributed by atoms with Crippen LogP contribution in [0, 0.1) is 0 Å². The molecule has 1 aromatic carbocycles. The summed E-state index contributed by atoms with van der Waals surface area (Å²) in [5, 5.41) is 6.35. The van der Waals surface area contributed by atoms with E-state index >= 15 is 0 Å². The van der Waals surface area contributed by atoms with E-state index < -0.39 is 5.67 Å². The van der Waals surface area contributed by atoms with Crippen molar-refractivity contribution in [3.63, 3.8) is 0 Å². The van der Waals surface area contributed by atoms with Crippen molar-refractivity contribution in [1.82, 2.24) is 24.8 Å². The highest BCUT2D eigenvalue weighted by Gasteiger charge is 2.24. The summed E-state index contributed by atoms with van der Waals surface area (Å²) in [6.07, 6.45) is 4.48. The van der Waals surface area contributed by atoms with E-state index in [9.17, 15) is 9.18 Å². The number of imidazole rings is 1. The molecule has 33 heavy (non-hydrogen) atoms. The maximum absolute atomic E-state index is 14.3. The van der Waals surface area contributed by atoms with Crippen LogP contribution in [0.2, 0.25) is 10.0 Å².